The minimum Gasteiger partial charge on any atom is -0.370 e. The van der Waals surface area contributed by atoms with Crippen LogP contribution < -0.4 is 4.90 Å². The van der Waals surface area contributed by atoms with Crippen LogP contribution in [-0.2, 0) is 6.54 Å². The van der Waals surface area contributed by atoms with E-state index in [4.69, 9.17) is 0 Å². The summed E-state index contributed by atoms with van der Waals surface area (Å²) >= 11 is 5.16. The van der Waals surface area contributed by atoms with E-state index in [1.165, 1.54) is 5.56 Å². The molecule has 0 aliphatic rings. The number of hydrogen-bond acceptors (Lipinski definition) is 3. The van der Waals surface area contributed by atoms with Gasteiger partial charge in [0, 0.05) is 24.8 Å². The van der Waals surface area contributed by atoms with Crippen LogP contribution in [0.25, 0.3) is 0 Å². The Morgan fingerprint density at radius 2 is 2.17 bits per heavy atom. The standard InChI is InChI=1S/C14H14BrNOS/c1-10-5-13(4-3-12(10)8-17)16(2)7-11-6-14(15)18-9-11/h3-6,8-9H,7H2,1-2H3. The molecule has 0 amide bonds. The molecule has 94 valence electrons. The Morgan fingerprint density at radius 1 is 1.39 bits per heavy atom. The third-order valence-corrected chi connectivity index (χ3v) is 4.42. The predicted molar refractivity (Wildman–Crippen MR) is 80.7 cm³/mol. The smallest absolute Gasteiger partial charge is 0.150 e. The van der Waals surface area contributed by atoms with E-state index >= 15 is 0 Å². The minimum atomic E-state index is 0.755. The molecule has 2 aromatic rings. The molecule has 0 atom stereocenters. The molecule has 0 aliphatic heterocycles. The van der Waals surface area contributed by atoms with Gasteiger partial charge >= 0.3 is 0 Å². The zero-order chi connectivity index (χ0) is 13.1. The topological polar surface area (TPSA) is 20.3 Å². The Balaban J connectivity index is 2.16. The largest absolute Gasteiger partial charge is 0.370 e. The maximum absolute atomic E-state index is 10.8. The molecule has 0 saturated heterocycles. The second-order valence-corrected chi connectivity index (χ2v) is 6.56. The van der Waals surface area contributed by atoms with Crippen LogP contribution in [0, 0.1) is 6.92 Å². The van der Waals surface area contributed by atoms with E-state index in [1.807, 2.05) is 25.1 Å². The van der Waals surface area contributed by atoms with Gasteiger partial charge in [-0.15, -0.1) is 11.3 Å². The molecule has 0 bridgehead atoms. The summed E-state index contributed by atoms with van der Waals surface area (Å²) in [6.45, 7) is 2.82. The number of hydrogen-bond donors (Lipinski definition) is 0. The van der Waals surface area contributed by atoms with Gasteiger partial charge < -0.3 is 4.90 Å². The molecule has 0 radical (unpaired) electrons. The molecular formula is C14H14BrNOS. The van der Waals surface area contributed by atoms with Crippen molar-refractivity contribution in [2.45, 2.75) is 13.5 Å². The second-order valence-electron chi connectivity index (χ2n) is 4.27. The molecule has 1 aromatic heterocycles. The Bertz CT molecular complexity index is 565. The summed E-state index contributed by atoms with van der Waals surface area (Å²) in [5.41, 5.74) is 4.18. The van der Waals surface area contributed by atoms with Gasteiger partial charge in [-0.05, 0) is 63.6 Å². The van der Waals surface area contributed by atoms with Crippen LogP contribution in [0.1, 0.15) is 21.5 Å². The fraction of sp³-hybridized carbons (Fsp3) is 0.214. The van der Waals surface area contributed by atoms with Crippen molar-refractivity contribution in [2.75, 3.05) is 11.9 Å². The molecule has 0 spiro atoms. The first-order valence-electron chi connectivity index (χ1n) is 5.60. The maximum atomic E-state index is 10.8. The summed E-state index contributed by atoms with van der Waals surface area (Å²) in [5.74, 6) is 0. The highest BCUT2D eigenvalue weighted by molar-refractivity contribution is 9.11. The molecule has 1 aromatic carbocycles. The van der Waals surface area contributed by atoms with E-state index in [1.54, 1.807) is 11.3 Å². The average molecular weight is 324 g/mol. The maximum Gasteiger partial charge on any atom is 0.150 e. The molecule has 0 fully saturated rings. The summed E-state index contributed by atoms with van der Waals surface area (Å²) < 4.78 is 1.15. The van der Waals surface area contributed by atoms with Crippen LogP contribution in [0.2, 0.25) is 0 Å². The van der Waals surface area contributed by atoms with Crippen molar-refractivity contribution in [2.24, 2.45) is 0 Å². The Kier molecular flexibility index (Phi) is 4.19. The number of rotatable bonds is 4. The first-order valence-corrected chi connectivity index (χ1v) is 7.27. The first kappa shape index (κ1) is 13.3. The van der Waals surface area contributed by atoms with Gasteiger partial charge in [-0.1, -0.05) is 0 Å². The molecule has 0 N–H and O–H groups in total. The average Bonchev–Trinajstić information content (AvgIpc) is 2.74. The van der Waals surface area contributed by atoms with Crippen LogP contribution >= 0.6 is 27.3 Å². The number of nitrogens with zero attached hydrogens (tertiary/aromatic N) is 1. The Labute approximate surface area is 119 Å². The van der Waals surface area contributed by atoms with E-state index in [2.05, 4.69) is 39.3 Å². The summed E-state index contributed by atoms with van der Waals surface area (Å²) in [4.78, 5) is 13.0. The molecule has 18 heavy (non-hydrogen) atoms. The summed E-state index contributed by atoms with van der Waals surface area (Å²) in [6.07, 6.45) is 0.898. The van der Waals surface area contributed by atoms with Gasteiger partial charge in [-0.3, -0.25) is 4.79 Å². The summed E-state index contributed by atoms with van der Waals surface area (Å²) in [7, 11) is 2.06. The van der Waals surface area contributed by atoms with E-state index in [0.717, 1.165) is 33.4 Å². The molecule has 0 saturated carbocycles. The van der Waals surface area contributed by atoms with Gasteiger partial charge in [-0.25, -0.2) is 0 Å². The lowest BCUT2D eigenvalue weighted by atomic mass is 10.1. The summed E-state index contributed by atoms with van der Waals surface area (Å²) in [6, 6.07) is 8.04. The molecule has 2 rings (SSSR count). The second kappa shape index (κ2) is 5.67. The predicted octanol–water partition coefficient (Wildman–Crippen LogP) is 4.27. The SMILES string of the molecule is Cc1cc(N(C)Cc2csc(Br)c2)ccc1C=O. The lowest BCUT2D eigenvalue weighted by molar-refractivity contribution is 0.112. The lowest BCUT2D eigenvalue weighted by Gasteiger charge is -2.19. The third kappa shape index (κ3) is 3.00. The zero-order valence-electron chi connectivity index (χ0n) is 10.3. The molecule has 4 heteroatoms. The molecule has 2 nitrogen and oxygen atoms in total. The minimum absolute atomic E-state index is 0.755. The number of anilines is 1. The van der Waals surface area contributed by atoms with Gasteiger partial charge in [0.25, 0.3) is 0 Å². The van der Waals surface area contributed by atoms with Gasteiger partial charge in [0.05, 0.1) is 3.79 Å². The van der Waals surface area contributed by atoms with Crippen molar-refractivity contribution < 1.29 is 4.79 Å². The fourth-order valence-electron chi connectivity index (χ4n) is 1.82. The Morgan fingerprint density at radius 3 is 2.72 bits per heavy atom. The fourth-order valence-corrected chi connectivity index (χ4v) is 3.02. The van der Waals surface area contributed by atoms with Crippen LogP contribution in [0.15, 0.2) is 33.4 Å². The highest BCUT2D eigenvalue weighted by atomic mass is 79.9. The third-order valence-electron chi connectivity index (χ3n) is 2.86. The van der Waals surface area contributed by atoms with E-state index < -0.39 is 0 Å². The van der Waals surface area contributed by atoms with E-state index in [0.29, 0.717) is 0 Å². The van der Waals surface area contributed by atoms with Crippen molar-refractivity contribution >= 4 is 39.2 Å². The van der Waals surface area contributed by atoms with Crippen molar-refractivity contribution in [3.05, 3.63) is 50.1 Å². The number of halogens is 1. The number of aldehydes is 1. The molecular weight excluding hydrogens is 310 g/mol. The highest BCUT2D eigenvalue weighted by Crippen LogP contribution is 2.24. The molecule has 0 unspecified atom stereocenters. The van der Waals surface area contributed by atoms with Crippen molar-refractivity contribution in [1.82, 2.24) is 0 Å². The van der Waals surface area contributed by atoms with Crippen molar-refractivity contribution in [1.29, 1.82) is 0 Å². The van der Waals surface area contributed by atoms with Crippen LogP contribution in [0.3, 0.4) is 0 Å². The first-order chi connectivity index (χ1) is 8.60. The van der Waals surface area contributed by atoms with Crippen LogP contribution in [0.5, 0.6) is 0 Å². The quantitative estimate of drug-likeness (QED) is 0.783. The van der Waals surface area contributed by atoms with E-state index in [9.17, 15) is 4.79 Å². The molecule has 1 heterocycles. The van der Waals surface area contributed by atoms with Gasteiger partial charge in [0.2, 0.25) is 0 Å². The number of aryl methyl sites for hydroxylation is 1. The zero-order valence-corrected chi connectivity index (χ0v) is 12.7. The number of carbonyl (C=O) groups is 1. The van der Waals surface area contributed by atoms with Gasteiger partial charge in [0.1, 0.15) is 6.29 Å². The number of thiophene rings is 1. The monoisotopic (exact) mass is 323 g/mol. The normalized spacial score (nSPS) is 10.4. The van der Waals surface area contributed by atoms with Gasteiger partial charge in [-0.2, -0.15) is 0 Å². The molecule has 0 aliphatic carbocycles. The van der Waals surface area contributed by atoms with Gasteiger partial charge in [0.15, 0.2) is 0 Å². The van der Waals surface area contributed by atoms with Crippen molar-refractivity contribution in [3.63, 3.8) is 0 Å². The Hall–Kier alpha value is -1.13. The van der Waals surface area contributed by atoms with Crippen molar-refractivity contribution in [3.8, 4) is 0 Å². The summed E-state index contributed by atoms with van der Waals surface area (Å²) in [5, 5.41) is 2.15. The van der Waals surface area contributed by atoms with E-state index in [-0.39, 0.29) is 0 Å². The van der Waals surface area contributed by atoms with Crippen LogP contribution in [0.4, 0.5) is 5.69 Å². The lowest BCUT2D eigenvalue weighted by Crippen LogP contribution is -2.16. The highest BCUT2D eigenvalue weighted by Gasteiger charge is 2.06. The number of benzene rings is 1. The van der Waals surface area contributed by atoms with Crippen LogP contribution in [-0.4, -0.2) is 13.3 Å². The number of carbonyl (C=O) groups excluding carboxylic acids is 1.